The number of rotatable bonds is 7. The van der Waals surface area contributed by atoms with Crippen LogP contribution in [0.15, 0.2) is 22.7 Å². The van der Waals surface area contributed by atoms with Crippen LogP contribution in [0.1, 0.15) is 45.0 Å². The molecule has 0 N–H and O–H groups in total. The average Bonchev–Trinajstić information content (AvgIpc) is 2.33. The Hall–Kier alpha value is -0.870. The van der Waals surface area contributed by atoms with Crippen molar-refractivity contribution in [3.63, 3.8) is 0 Å². The second kappa shape index (κ2) is 7.79. The maximum Gasteiger partial charge on any atom is 0.160 e. The molecule has 1 aromatic rings. The molecule has 0 heterocycles. The van der Waals surface area contributed by atoms with Gasteiger partial charge in [-0.3, -0.25) is 9.69 Å². The minimum Gasteiger partial charge on any atom is -0.492 e. The molecule has 4 heteroatoms. The van der Waals surface area contributed by atoms with E-state index in [0.717, 1.165) is 16.8 Å². The number of ketones is 1. The van der Waals surface area contributed by atoms with Gasteiger partial charge in [0.05, 0.1) is 0 Å². The molecule has 0 fully saturated rings. The first-order valence-electron chi connectivity index (χ1n) is 7.02. The molecule has 0 aliphatic heterocycles. The highest BCUT2D eigenvalue weighted by molar-refractivity contribution is 9.10. The zero-order valence-electron chi connectivity index (χ0n) is 12.9. The van der Waals surface area contributed by atoms with Crippen LogP contribution < -0.4 is 4.74 Å². The fourth-order valence-corrected chi connectivity index (χ4v) is 2.89. The summed E-state index contributed by atoms with van der Waals surface area (Å²) in [7, 11) is 0. The average molecular weight is 342 g/mol. The SMILES string of the molecule is CC(=O)c1ccc(OCCN(C(C)C)C(C)C)cc1Br. The summed E-state index contributed by atoms with van der Waals surface area (Å²) in [5.41, 5.74) is 0.684. The second-order valence-corrected chi connectivity index (χ2v) is 6.33. The molecule has 0 spiro atoms. The van der Waals surface area contributed by atoms with Gasteiger partial charge in [-0.1, -0.05) is 0 Å². The van der Waals surface area contributed by atoms with E-state index >= 15 is 0 Å². The third-order valence-electron chi connectivity index (χ3n) is 3.26. The first kappa shape index (κ1) is 17.2. The van der Waals surface area contributed by atoms with Crippen LogP contribution in [0.3, 0.4) is 0 Å². The molecule has 20 heavy (non-hydrogen) atoms. The topological polar surface area (TPSA) is 29.5 Å². The molecule has 0 bridgehead atoms. The molecule has 0 atom stereocenters. The first-order valence-corrected chi connectivity index (χ1v) is 7.81. The number of Topliss-reactive ketones (excluding diaryl/α,β-unsaturated/α-hetero) is 1. The molecule has 0 aliphatic carbocycles. The minimum absolute atomic E-state index is 0.0502. The predicted molar refractivity (Wildman–Crippen MR) is 86.6 cm³/mol. The number of halogens is 1. The van der Waals surface area contributed by atoms with Gasteiger partial charge in [0.25, 0.3) is 0 Å². The third kappa shape index (κ3) is 4.91. The van der Waals surface area contributed by atoms with Gasteiger partial charge in [-0.15, -0.1) is 0 Å². The summed E-state index contributed by atoms with van der Waals surface area (Å²) in [5, 5.41) is 0. The van der Waals surface area contributed by atoms with Gasteiger partial charge in [0, 0.05) is 28.7 Å². The van der Waals surface area contributed by atoms with Gasteiger partial charge in [-0.05, 0) is 68.7 Å². The molecule has 0 saturated carbocycles. The van der Waals surface area contributed by atoms with Crippen molar-refractivity contribution < 1.29 is 9.53 Å². The Morgan fingerprint density at radius 3 is 2.30 bits per heavy atom. The van der Waals surface area contributed by atoms with Crippen molar-refractivity contribution in [2.45, 2.75) is 46.7 Å². The fourth-order valence-electron chi connectivity index (χ4n) is 2.25. The van der Waals surface area contributed by atoms with Crippen LogP contribution >= 0.6 is 15.9 Å². The molecular weight excluding hydrogens is 318 g/mol. The molecule has 0 amide bonds. The zero-order chi connectivity index (χ0) is 15.3. The lowest BCUT2D eigenvalue weighted by Crippen LogP contribution is -2.39. The highest BCUT2D eigenvalue weighted by Gasteiger charge is 2.13. The van der Waals surface area contributed by atoms with Gasteiger partial charge in [0.1, 0.15) is 12.4 Å². The number of hydrogen-bond acceptors (Lipinski definition) is 3. The van der Waals surface area contributed by atoms with Gasteiger partial charge >= 0.3 is 0 Å². The molecule has 0 aromatic heterocycles. The normalized spacial score (nSPS) is 11.4. The van der Waals surface area contributed by atoms with Crippen LogP contribution in [0.2, 0.25) is 0 Å². The second-order valence-electron chi connectivity index (χ2n) is 5.47. The summed E-state index contributed by atoms with van der Waals surface area (Å²) >= 11 is 3.40. The van der Waals surface area contributed by atoms with Gasteiger partial charge in [0.2, 0.25) is 0 Å². The van der Waals surface area contributed by atoms with E-state index < -0.39 is 0 Å². The molecule has 1 aromatic carbocycles. The number of ether oxygens (including phenoxy) is 1. The Balaban J connectivity index is 2.58. The number of nitrogens with zero attached hydrogens (tertiary/aromatic N) is 1. The Bertz CT molecular complexity index is 450. The van der Waals surface area contributed by atoms with Gasteiger partial charge < -0.3 is 4.74 Å². The summed E-state index contributed by atoms with van der Waals surface area (Å²) in [6.07, 6.45) is 0. The first-order chi connectivity index (χ1) is 9.32. The van der Waals surface area contributed by atoms with Crippen molar-refractivity contribution in [3.8, 4) is 5.75 Å². The van der Waals surface area contributed by atoms with Crippen LogP contribution in [0.4, 0.5) is 0 Å². The monoisotopic (exact) mass is 341 g/mol. The van der Waals surface area contributed by atoms with E-state index in [1.807, 2.05) is 12.1 Å². The fraction of sp³-hybridized carbons (Fsp3) is 0.562. The van der Waals surface area contributed by atoms with Gasteiger partial charge in [-0.2, -0.15) is 0 Å². The largest absolute Gasteiger partial charge is 0.492 e. The Morgan fingerprint density at radius 1 is 1.25 bits per heavy atom. The number of carbonyl (C=O) groups excluding carboxylic acids is 1. The van der Waals surface area contributed by atoms with Crippen molar-refractivity contribution in [3.05, 3.63) is 28.2 Å². The number of benzene rings is 1. The number of carbonyl (C=O) groups is 1. The quantitative estimate of drug-likeness (QED) is 0.697. The van der Waals surface area contributed by atoms with Crippen LogP contribution in [0, 0.1) is 0 Å². The minimum atomic E-state index is 0.0502. The predicted octanol–water partition coefficient (Wildman–Crippen LogP) is 4.15. The summed E-state index contributed by atoms with van der Waals surface area (Å²) in [4.78, 5) is 13.7. The Kier molecular flexibility index (Phi) is 6.69. The van der Waals surface area contributed by atoms with Crippen LogP contribution in [0.25, 0.3) is 0 Å². The summed E-state index contributed by atoms with van der Waals surface area (Å²) < 4.78 is 6.55. The lowest BCUT2D eigenvalue weighted by molar-refractivity contribution is 0.101. The van der Waals surface area contributed by atoms with Crippen molar-refractivity contribution >= 4 is 21.7 Å². The van der Waals surface area contributed by atoms with Crippen molar-refractivity contribution in [2.24, 2.45) is 0 Å². The maximum absolute atomic E-state index is 11.4. The molecule has 0 aliphatic rings. The van der Waals surface area contributed by atoms with Crippen molar-refractivity contribution in [2.75, 3.05) is 13.2 Å². The van der Waals surface area contributed by atoms with E-state index in [-0.39, 0.29) is 5.78 Å². The smallest absolute Gasteiger partial charge is 0.160 e. The zero-order valence-corrected chi connectivity index (χ0v) is 14.5. The van der Waals surface area contributed by atoms with Crippen molar-refractivity contribution in [1.82, 2.24) is 4.90 Å². The lowest BCUT2D eigenvalue weighted by atomic mass is 10.1. The van der Waals surface area contributed by atoms with Crippen LogP contribution in [-0.4, -0.2) is 35.9 Å². The molecule has 0 radical (unpaired) electrons. The summed E-state index contributed by atoms with van der Waals surface area (Å²) in [6.45, 7) is 11.9. The van der Waals surface area contributed by atoms with E-state index in [9.17, 15) is 4.79 Å². The van der Waals surface area contributed by atoms with E-state index in [1.165, 1.54) is 0 Å². The van der Waals surface area contributed by atoms with E-state index in [1.54, 1.807) is 13.0 Å². The Morgan fingerprint density at radius 2 is 1.85 bits per heavy atom. The Labute approximate surface area is 130 Å². The summed E-state index contributed by atoms with van der Waals surface area (Å²) in [6, 6.07) is 6.50. The van der Waals surface area contributed by atoms with Gasteiger partial charge in [-0.25, -0.2) is 0 Å². The standard InChI is InChI=1S/C16H24BrNO2/c1-11(2)18(12(3)4)8-9-20-14-6-7-15(13(5)19)16(17)10-14/h6-7,10-12H,8-9H2,1-5H3. The van der Waals surface area contributed by atoms with E-state index in [2.05, 4.69) is 48.5 Å². The molecule has 3 nitrogen and oxygen atoms in total. The molecule has 112 valence electrons. The van der Waals surface area contributed by atoms with E-state index in [4.69, 9.17) is 4.74 Å². The maximum atomic E-state index is 11.4. The van der Waals surface area contributed by atoms with E-state index in [0.29, 0.717) is 24.3 Å². The molecule has 0 saturated heterocycles. The molecular formula is C16H24BrNO2. The highest BCUT2D eigenvalue weighted by atomic mass is 79.9. The van der Waals surface area contributed by atoms with Crippen LogP contribution in [-0.2, 0) is 0 Å². The third-order valence-corrected chi connectivity index (χ3v) is 3.92. The highest BCUT2D eigenvalue weighted by Crippen LogP contribution is 2.23. The van der Waals surface area contributed by atoms with Gasteiger partial charge in [0.15, 0.2) is 5.78 Å². The lowest BCUT2D eigenvalue weighted by Gasteiger charge is -2.30. The van der Waals surface area contributed by atoms with Crippen LogP contribution in [0.5, 0.6) is 5.75 Å². The summed E-state index contributed by atoms with van der Waals surface area (Å²) in [5.74, 6) is 0.837. The van der Waals surface area contributed by atoms with Crippen molar-refractivity contribution in [1.29, 1.82) is 0 Å². The number of hydrogen-bond donors (Lipinski definition) is 0. The molecule has 1 rings (SSSR count). The molecule has 0 unspecified atom stereocenters.